The molecule has 1 atom stereocenters. The summed E-state index contributed by atoms with van der Waals surface area (Å²) in [5, 5.41) is 13.2. The van der Waals surface area contributed by atoms with Gasteiger partial charge in [-0.15, -0.1) is 0 Å². The summed E-state index contributed by atoms with van der Waals surface area (Å²) in [6, 6.07) is 23.5. The average Bonchev–Trinajstić information content (AvgIpc) is 3.27. The molecule has 0 aliphatic heterocycles. The number of nitrogens with zero attached hydrogens (tertiary/aromatic N) is 3. The maximum atomic E-state index is 12.8. The standard InChI is InChI=1S/C29H27N3O2/c1-19-8-10-22(11-9-19)29(34,27-17-30-18-31(27)3)23-12-13-26-25(15-23)24(16-28(33)32(26)4)21-7-5-6-20(2)14-21/h5-18,34H,1-4H3. The highest BCUT2D eigenvalue weighted by molar-refractivity contribution is 5.95. The Bertz CT molecular complexity index is 1580. The molecule has 1 unspecified atom stereocenters. The second-order valence-corrected chi connectivity index (χ2v) is 9.02. The number of aromatic nitrogens is 3. The van der Waals surface area contributed by atoms with Crippen molar-refractivity contribution < 1.29 is 5.11 Å². The molecule has 5 rings (SSSR count). The van der Waals surface area contributed by atoms with E-state index in [9.17, 15) is 9.90 Å². The van der Waals surface area contributed by atoms with Crippen LogP contribution in [0.3, 0.4) is 0 Å². The minimum atomic E-state index is -1.42. The fraction of sp³-hybridized carbons (Fsp3) is 0.172. The summed E-state index contributed by atoms with van der Waals surface area (Å²) in [4.78, 5) is 17.1. The van der Waals surface area contributed by atoms with Gasteiger partial charge in [0.05, 0.1) is 23.7 Å². The fourth-order valence-corrected chi connectivity index (χ4v) is 4.70. The molecule has 5 heteroatoms. The zero-order chi connectivity index (χ0) is 24.0. The summed E-state index contributed by atoms with van der Waals surface area (Å²) in [5.74, 6) is 0. The van der Waals surface area contributed by atoms with Crippen LogP contribution in [0.2, 0.25) is 0 Å². The van der Waals surface area contributed by atoms with Gasteiger partial charge in [-0.2, -0.15) is 0 Å². The number of fused-ring (bicyclic) bond motifs is 1. The average molecular weight is 450 g/mol. The number of hydrogen-bond donors (Lipinski definition) is 1. The Kier molecular flexibility index (Phi) is 5.22. The van der Waals surface area contributed by atoms with Crippen LogP contribution >= 0.6 is 0 Å². The molecule has 3 aromatic carbocycles. The monoisotopic (exact) mass is 449 g/mol. The molecular formula is C29H27N3O2. The molecule has 5 nitrogen and oxygen atoms in total. The Labute approximate surface area is 198 Å². The molecule has 0 bridgehead atoms. The van der Waals surface area contributed by atoms with Crippen molar-refractivity contribution in [2.45, 2.75) is 19.4 Å². The third-order valence-electron chi connectivity index (χ3n) is 6.65. The third-order valence-corrected chi connectivity index (χ3v) is 6.65. The van der Waals surface area contributed by atoms with Crippen molar-refractivity contribution in [1.29, 1.82) is 0 Å². The van der Waals surface area contributed by atoms with Gasteiger partial charge in [0.1, 0.15) is 0 Å². The lowest BCUT2D eigenvalue weighted by Crippen LogP contribution is -2.31. The van der Waals surface area contributed by atoms with Gasteiger partial charge < -0.3 is 14.2 Å². The van der Waals surface area contributed by atoms with E-state index in [1.807, 2.05) is 86.1 Å². The third kappa shape index (κ3) is 3.45. The van der Waals surface area contributed by atoms with Crippen LogP contribution in [0, 0.1) is 13.8 Å². The zero-order valence-corrected chi connectivity index (χ0v) is 19.8. The Morgan fingerprint density at radius 2 is 1.59 bits per heavy atom. The summed E-state index contributed by atoms with van der Waals surface area (Å²) < 4.78 is 3.49. The van der Waals surface area contributed by atoms with Crippen LogP contribution in [-0.2, 0) is 19.7 Å². The molecule has 2 heterocycles. The molecule has 5 aromatic rings. The van der Waals surface area contributed by atoms with Gasteiger partial charge in [-0.25, -0.2) is 4.98 Å². The van der Waals surface area contributed by atoms with E-state index >= 15 is 0 Å². The first-order chi connectivity index (χ1) is 16.3. The second-order valence-electron chi connectivity index (χ2n) is 9.02. The minimum absolute atomic E-state index is 0.0720. The van der Waals surface area contributed by atoms with E-state index in [0.29, 0.717) is 11.3 Å². The van der Waals surface area contributed by atoms with Crippen LogP contribution < -0.4 is 5.56 Å². The predicted octanol–water partition coefficient (Wildman–Crippen LogP) is 4.84. The molecule has 1 N–H and O–H groups in total. The highest BCUT2D eigenvalue weighted by Gasteiger charge is 2.36. The first-order valence-corrected chi connectivity index (χ1v) is 11.3. The molecule has 0 saturated carbocycles. The van der Waals surface area contributed by atoms with E-state index < -0.39 is 5.60 Å². The summed E-state index contributed by atoms with van der Waals surface area (Å²) in [6.07, 6.45) is 3.39. The summed E-state index contributed by atoms with van der Waals surface area (Å²) in [6.45, 7) is 4.06. The predicted molar refractivity (Wildman–Crippen MR) is 136 cm³/mol. The molecule has 0 spiro atoms. The van der Waals surface area contributed by atoms with E-state index in [1.54, 1.807) is 30.2 Å². The van der Waals surface area contributed by atoms with Gasteiger partial charge in [0.25, 0.3) is 5.56 Å². The minimum Gasteiger partial charge on any atom is -0.374 e. The first kappa shape index (κ1) is 21.9. The van der Waals surface area contributed by atoms with Gasteiger partial charge in [0, 0.05) is 25.5 Å². The lowest BCUT2D eigenvalue weighted by Gasteiger charge is -2.30. The van der Waals surface area contributed by atoms with Gasteiger partial charge in [-0.05, 0) is 48.2 Å². The summed E-state index contributed by atoms with van der Waals surface area (Å²) >= 11 is 0. The second kappa shape index (κ2) is 8.12. The number of benzene rings is 3. The van der Waals surface area contributed by atoms with E-state index in [4.69, 9.17) is 0 Å². The molecular weight excluding hydrogens is 422 g/mol. The Hall–Kier alpha value is -3.96. The maximum Gasteiger partial charge on any atom is 0.251 e. The highest BCUT2D eigenvalue weighted by Crippen LogP contribution is 2.39. The van der Waals surface area contributed by atoms with Crippen molar-refractivity contribution in [1.82, 2.24) is 14.1 Å². The highest BCUT2D eigenvalue weighted by atomic mass is 16.3. The lowest BCUT2D eigenvalue weighted by atomic mass is 9.82. The molecule has 0 radical (unpaired) electrons. The molecule has 34 heavy (non-hydrogen) atoms. The van der Waals surface area contributed by atoms with Gasteiger partial charge in [-0.1, -0.05) is 65.7 Å². The van der Waals surface area contributed by atoms with Crippen molar-refractivity contribution in [3.8, 4) is 11.1 Å². The Morgan fingerprint density at radius 3 is 2.26 bits per heavy atom. The van der Waals surface area contributed by atoms with Crippen LogP contribution in [0.25, 0.3) is 22.0 Å². The first-order valence-electron chi connectivity index (χ1n) is 11.3. The van der Waals surface area contributed by atoms with Gasteiger partial charge >= 0.3 is 0 Å². The van der Waals surface area contributed by atoms with Crippen LogP contribution in [0.15, 0.2) is 90.1 Å². The number of imidazole rings is 1. The molecule has 2 aromatic heterocycles. The van der Waals surface area contributed by atoms with Crippen molar-refractivity contribution in [3.63, 3.8) is 0 Å². The van der Waals surface area contributed by atoms with Crippen molar-refractivity contribution in [2.75, 3.05) is 0 Å². The van der Waals surface area contributed by atoms with Gasteiger partial charge in [-0.3, -0.25) is 4.79 Å². The normalized spacial score (nSPS) is 13.2. The van der Waals surface area contributed by atoms with E-state index in [-0.39, 0.29) is 5.56 Å². The summed E-state index contributed by atoms with van der Waals surface area (Å²) in [7, 11) is 3.65. The Balaban J connectivity index is 1.84. The van der Waals surface area contributed by atoms with Crippen LogP contribution in [-0.4, -0.2) is 19.2 Å². The molecule has 0 aliphatic carbocycles. The SMILES string of the molecule is Cc1ccc(C(O)(c2ccc3c(c2)c(-c2cccc(C)c2)cc(=O)n3C)c2cncn2C)cc1. The molecule has 170 valence electrons. The van der Waals surface area contributed by atoms with Crippen LogP contribution in [0.1, 0.15) is 27.9 Å². The quantitative estimate of drug-likeness (QED) is 0.427. The van der Waals surface area contributed by atoms with E-state index in [2.05, 4.69) is 11.1 Å². The van der Waals surface area contributed by atoms with Gasteiger partial charge in [0.15, 0.2) is 5.60 Å². The van der Waals surface area contributed by atoms with Gasteiger partial charge in [0.2, 0.25) is 0 Å². The smallest absolute Gasteiger partial charge is 0.251 e. The number of rotatable bonds is 4. The Morgan fingerprint density at radius 1 is 0.853 bits per heavy atom. The van der Waals surface area contributed by atoms with E-state index in [0.717, 1.165) is 38.7 Å². The molecule has 0 amide bonds. The van der Waals surface area contributed by atoms with E-state index in [1.165, 1.54) is 0 Å². The number of pyridine rings is 1. The molecule has 0 saturated heterocycles. The maximum absolute atomic E-state index is 12.8. The van der Waals surface area contributed by atoms with Crippen molar-refractivity contribution >= 4 is 10.9 Å². The number of hydrogen-bond acceptors (Lipinski definition) is 3. The lowest BCUT2D eigenvalue weighted by molar-refractivity contribution is 0.117. The topological polar surface area (TPSA) is 60.0 Å². The fourth-order valence-electron chi connectivity index (χ4n) is 4.70. The number of aryl methyl sites for hydroxylation is 4. The number of aliphatic hydroxyl groups is 1. The van der Waals surface area contributed by atoms with Crippen LogP contribution in [0.5, 0.6) is 0 Å². The largest absolute Gasteiger partial charge is 0.374 e. The molecule has 0 aliphatic rings. The van der Waals surface area contributed by atoms with Crippen molar-refractivity contribution in [2.24, 2.45) is 14.1 Å². The molecule has 0 fully saturated rings. The summed E-state index contributed by atoms with van der Waals surface area (Å²) in [5.41, 5.74) is 5.49. The van der Waals surface area contributed by atoms with Crippen LogP contribution in [0.4, 0.5) is 0 Å². The zero-order valence-electron chi connectivity index (χ0n) is 19.8. The van der Waals surface area contributed by atoms with Crippen molar-refractivity contribution in [3.05, 3.63) is 124 Å².